The van der Waals surface area contributed by atoms with E-state index in [9.17, 15) is 22.8 Å². The Kier molecular flexibility index (Phi) is 6.94. The molecule has 5 nitrogen and oxygen atoms in total. The summed E-state index contributed by atoms with van der Waals surface area (Å²) >= 11 is 0. The first kappa shape index (κ1) is 17.7. The molecule has 21 heavy (non-hydrogen) atoms. The van der Waals surface area contributed by atoms with Crippen molar-refractivity contribution >= 4 is 11.9 Å². The van der Waals surface area contributed by atoms with Gasteiger partial charge in [0.1, 0.15) is 6.61 Å². The molecule has 0 saturated heterocycles. The maximum absolute atomic E-state index is 12.5. The summed E-state index contributed by atoms with van der Waals surface area (Å²) in [5.74, 6) is -2.56. The fourth-order valence-electron chi connectivity index (χ4n) is 2.45. The molecule has 0 aromatic rings. The Morgan fingerprint density at radius 2 is 1.81 bits per heavy atom. The van der Waals surface area contributed by atoms with Crippen LogP contribution in [0.1, 0.15) is 32.1 Å². The van der Waals surface area contributed by atoms with Gasteiger partial charge in [-0.15, -0.1) is 0 Å². The van der Waals surface area contributed by atoms with Gasteiger partial charge in [-0.1, -0.05) is 0 Å². The molecule has 1 aliphatic carbocycles. The van der Waals surface area contributed by atoms with Gasteiger partial charge >= 0.3 is 12.1 Å². The first-order chi connectivity index (χ1) is 9.79. The highest BCUT2D eigenvalue weighted by molar-refractivity contribution is 5.76. The number of rotatable bonds is 7. The lowest BCUT2D eigenvalue weighted by atomic mass is 9.80. The molecule has 1 saturated carbocycles. The maximum Gasteiger partial charge on any atom is 0.391 e. The third-order valence-electron chi connectivity index (χ3n) is 3.58. The lowest BCUT2D eigenvalue weighted by Gasteiger charge is -2.29. The van der Waals surface area contributed by atoms with Crippen LogP contribution in [0.25, 0.3) is 0 Å². The molecule has 1 rings (SSSR count). The largest absolute Gasteiger partial charge is 0.480 e. The van der Waals surface area contributed by atoms with E-state index >= 15 is 0 Å². The normalized spacial score (nSPS) is 22.8. The fraction of sp³-hybridized carbons (Fsp3) is 0.846. The Hall–Kier alpha value is -1.31. The van der Waals surface area contributed by atoms with Gasteiger partial charge in [0, 0.05) is 13.0 Å². The zero-order valence-corrected chi connectivity index (χ0v) is 11.6. The van der Waals surface area contributed by atoms with Crippen LogP contribution in [-0.4, -0.2) is 42.9 Å². The molecule has 8 heteroatoms. The van der Waals surface area contributed by atoms with Crippen molar-refractivity contribution < 1.29 is 32.6 Å². The van der Waals surface area contributed by atoms with Crippen LogP contribution < -0.4 is 5.32 Å². The molecule has 122 valence electrons. The number of carboxylic acid groups (broad SMARTS) is 1. The van der Waals surface area contributed by atoms with Gasteiger partial charge in [-0.25, -0.2) is 4.79 Å². The van der Waals surface area contributed by atoms with Gasteiger partial charge in [0.15, 0.2) is 0 Å². The molecule has 2 N–H and O–H groups in total. The predicted octanol–water partition coefficient (Wildman–Crippen LogP) is 1.96. The second kappa shape index (κ2) is 8.21. The minimum atomic E-state index is -4.13. The molecule has 0 unspecified atom stereocenters. The fourth-order valence-corrected chi connectivity index (χ4v) is 2.45. The van der Waals surface area contributed by atoms with E-state index in [1.807, 2.05) is 0 Å². The zero-order chi connectivity index (χ0) is 15.9. The number of halogens is 3. The van der Waals surface area contributed by atoms with Crippen molar-refractivity contribution in [1.29, 1.82) is 0 Å². The van der Waals surface area contributed by atoms with Crippen LogP contribution in [0.15, 0.2) is 0 Å². The van der Waals surface area contributed by atoms with Crippen molar-refractivity contribution in [2.45, 2.75) is 38.3 Å². The number of nitrogens with one attached hydrogen (secondary N) is 1. The number of alkyl halides is 3. The standard InChI is InChI=1S/C13H20F3NO4/c14-13(15,16)10-3-1-9(2-4-10)7-11(18)17-5-6-21-8-12(19)20/h9-10H,1-8H2,(H,17,18)(H,19,20). The third-order valence-corrected chi connectivity index (χ3v) is 3.58. The summed E-state index contributed by atoms with van der Waals surface area (Å²) in [5.41, 5.74) is 0. The quantitative estimate of drug-likeness (QED) is 0.705. The lowest BCUT2D eigenvalue weighted by molar-refractivity contribution is -0.184. The number of carboxylic acids is 1. The highest BCUT2D eigenvalue weighted by Crippen LogP contribution is 2.40. The second-order valence-electron chi connectivity index (χ2n) is 5.26. The Balaban J connectivity index is 2.12. The van der Waals surface area contributed by atoms with Crippen molar-refractivity contribution in [2.75, 3.05) is 19.8 Å². The number of amides is 1. The van der Waals surface area contributed by atoms with Crippen LogP contribution in [0.3, 0.4) is 0 Å². The van der Waals surface area contributed by atoms with E-state index in [4.69, 9.17) is 9.84 Å². The van der Waals surface area contributed by atoms with Gasteiger partial charge in [0.05, 0.1) is 12.5 Å². The van der Waals surface area contributed by atoms with Crippen LogP contribution in [0, 0.1) is 11.8 Å². The van der Waals surface area contributed by atoms with Crippen molar-refractivity contribution in [2.24, 2.45) is 11.8 Å². The van der Waals surface area contributed by atoms with Crippen molar-refractivity contribution in [3.05, 3.63) is 0 Å². The van der Waals surface area contributed by atoms with Gasteiger partial charge in [0.25, 0.3) is 0 Å². The first-order valence-electron chi connectivity index (χ1n) is 6.92. The number of hydrogen-bond acceptors (Lipinski definition) is 3. The van der Waals surface area contributed by atoms with E-state index < -0.39 is 24.7 Å². The maximum atomic E-state index is 12.5. The molecule has 1 aliphatic rings. The van der Waals surface area contributed by atoms with Gasteiger partial charge in [0.2, 0.25) is 5.91 Å². The van der Waals surface area contributed by atoms with E-state index in [2.05, 4.69) is 5.32 Å². The molecule has 0 aromatic carbocycles. The predicted molar refractivity (Wildman–Crippen MR) is 67.6 cm³/mol. The molecule has 0 heterocycles. The molecule has 1 fully saturated rings. The van der Waals surface area contributed by atoms with Crippen LogP contribution in [0.5, 0.6) is 0 Å². The topological polar surface area (TPSA) is 75.6 Å². The Labute approximate surface area is 120 Å². The van der Waals surface area contributed by atoms with Crippen molar-refractivity contribution in [1.82, 2.24) is 5.32 Å². The van der Waals surface area contributed by atoms with Crippen LogP contribution >= 0.6 is 0 Å². The minimum absolute atomic E-state index is 0.0106. The SMILES string of the molecule is O=C(O)COCCNC(=O)CC1CCC(C(F)(F)F)CC1. The molecule has 0 atom stereocenters. The van der Waals surface area contributed by atoms with Crippen molar-refractivity contribution in [3.8, 4) is 0 Å². The van der Waals surface area contributed by atoms with E-state index in [-0.39, 0.29) is 44.2 Å². The lowest BCUT2D eigenvalue weighted by Crippen LogP contribution is -2.32. The summed E-state index contributed by atoms with van der Waals surface area (Å²) in [4.78, 5) is 21.7. The van der Waals surface area contributed by atoms with Crippen LogP contribution in [-0.2, 0) is 14.3 Å². The molecule has 0 radical (unpaired) electrons. The number of ether oxygens (including phenoxy) is 1. The zero-order valence-electron chi connectivity index (χ0n) is 11.6. The van der Waals surface area contributed by atoms with Crippen molar-refractivity contribution in [3.63, 3.8) is 0 Å². The molecule has 0 bridgehead atoms. The van der Waals surface area contributed by atoms with Gasteiger partial charge in [-0.3, -0.25) is 4.79 Å². The van der Waals surface area contributed by atoms with Gasteiger partial charge in [-0.2, -0.15) is 13.2 Å². The highest BCUT2D eigenvalue weighted by atomic mass is 19.4. The van der Waals surface area contributed by atoms with E-state index in [1.54, 1.807) is 0 Å². The molecule has 1 amide bonds. The van der Waals surface area contributed by atoms with Gasteiger partial charge in [-0.05, 0) is 31.6 Å². The second-order valence-corrected chi connectivity index (χ2v) is 5.26. The molecule has 0 spiro atoms. The summed E-state index contributed by atoms with van der Waals surface area (Å²) in [6, 6.07) is 0. The van der Waals surface area contributed by atoms with E-state index in [0.29, 0.717) is 12.8 Å². The summed E-state index contributed by atoms with van der Waals surface area (Å²) in [5, 5.41) is 10.9. The molecule has 0 aliphatic heterocycles. The highest BCUT2D eigenvalue weighted by Gasteiger charge is 2.41. The minimum Gasteiger partial charge on any atom is -0.480 e. The molecule has 0 aromatic heterocycles. The van der Waals surface area contributed by atoms with Crippen LogP contribution in [0.4, 0.5) is 13.2 Å². The summed E-state index contributed by atoms with van der Waals surface area (Å²) in [6.45, 7) is -0.125. The van der Waals surface area contributed by atoms with E-state index in [0.717, 1.165) is 0 Å². The van der Waals surface area contributed by atoms with Crippen LogP contribution in [0.2, 0.25) is 0 Å². The summed E-state index contributed by atoms with van der Waals surface area (Å²) in [6.07, 6.45) is -2.93. The smallest absolute Gasteiger partial charge is 0.391 e. The number of carbonyl (C=O) groups is 2. The number of aliphatic carboxylic acids is 1. The first-order valence-corrected chi connectivity index (χ1v) is 6.92. The van der Waals surface area contributed by atoms with E-state index in [1.165, 1.54) is 0 Å². The average Bonchev–Trinajstić information content (AvgIpc) is 2.37. The third kappa shape index (κ3) is 7.31. The summed E-state index contributed by atoms with van der Waals surface area (Å²) in [7, 11) is 0. The average molecular weight is 311 g/mol. The Bertz CT molecular complexity index is 352. The van der Waals surface area contributed by atoms with Gasteiger partial charge < -0.3 is 15.2 Å². The summed E-state index contributed by atoms with van der Waals surface area (Å²) < 4.78 is 42.2. The number of carbonyl (C=O) groups excluding carboxylic acids is 1. The molecular formula is C13H20F3NO4. The Morgan fingerprint density at radius 1 is 1.19 bits per heavy atom. The number of hydrogen-bond donors (Lipinski definition) is 2. The Morgan fingerprint density at radius 3 is 2.33 bits per heavy atom. The monoisotopic (exact) mass is 311 g/mol. The molecular weight excluding hydrogens is 291 g/mol.